The van der Waals surface area contributed by atoms with Crippen LogP contribution in [0.5, 0.6) is 0 Å². The summed E-state index contributed by atoms with van der Waals surface area (Å²) in [4.78, 5) is 0. The molecule has 0 aliphatic heterocycles. The van der Waals surface area contributed by atoms with Crippen molar-refractivity contribution in [3.63, 3.8) is 0 Å². The van der Waals surface area contributed by atoms with Crippen molar-refractivity contribution in [3.05, 3.63) is 53.1 Å². The number of hydrogen-bond acceptors (Lipinski definition) is 2. The Morgan fingerprint density at radius 3 is 2.89 bits per heavy atom. The van der Waals surface area contributed by atoms with E-state index in [1.165, 1.54) is 12.1 Å². The second-order valence-electron chi connectivity index (χ2n) is 4.83. The summed E-state index contributed by atoms with van der Waals surface area (Å²) < 4.78 is 14.8. The van der Waals surface area contributed by atoms with Gasteiger partial charge in [-0.1, -0.05) is 13.0 Å². The molecule has 1 unspecified atom stereocenters. The van der Waals surface area contributed by atoms with E-state index in [0.29, 0.717) is 6.42 Å². The van der Waals surface area contributed by atoms with E-state index >= 15 is 0 Å². The number of aromatic nitrogens is 2. The van der Waals surface area contributed by atoms with Gasteiger partial charge in [0.2, 0.25) is 0 Å². The Morgan fingerprint density at radius 2 is 2.21 bits per heavy atom. The number of hydrogen-bond donors (Lipinski definition) is 1. The molecule has 102 valence electrons. The number of rotatable bonds is 5. The minimum Gasteiger partial charge on any atom is -0.388 e. The van der Waals surface area contributed by atoms with Crippen molar-refractivity contribution in [3.8, 4) is 0 Å². The molecule has 2 rings (SSSR count). The summed E-state index contributed by atoms with van der Waals surface area (Å²) in [5.74, 6) is -0.244. The first kappa shape index (κ1) is 13.7. The van der Waals surface area contributed by atoms with Gasteiger partial charge in [-0.2, -0.15) is 5.10 Å². The number of benzene rings is 1. The third-order valence-electron chi connectivity index (χ3n) is 3.21. The number of aliphatic hydroxyl groups excluding tert-OH is 1. The van der Waals surface area contributed by atoms with E-state index in [2.05, 4.69) is 12.0 Å². The molecule has 0 bridgehead atoms. The molecule has 1 atom stereocenters. The summed E-state index contributed by atoms with van der Waals surface area (Å²) in [6.07, 6.45) is 4.44. The Morgan fingerprint density at radius 1 is 1.42 bits per heavy atom. The summed E-state index contributed by atoms with van der Waals surface area (Å²) in [7, 11) is 0. The highest BCUT2D eigenvalue weighted by atomic mass is 19.1. The Balaban J connectivity index is 2.09. The zero-order chi connectivity index (χ0) is 13.8. The Labute approximate surface area is 112 Å². The first-order chi connectivity index (χ1) is 9.10. The maximum atomic E-state index is 13.0. The predicted octanol–water partition coefficient (Wildman–Crippen LogP) is 3.02. The van der Waals surface area contributed by atoms with Crippen molar-refractivity contribution in [2.24, 2.45) is 0 Å². The predicted molar refractivity (Wildman–Crippen MR) is 72.3 cm³/mol. The van der Waals surface area contributed by atoms with Crippen molar-refractivity contribution >= 4 is 0 Å². The van der Waals surface area contributed by atoms with E-state index in [1.807, 2.05) is 17.8 Å². The van der Waals surface area contributed by atoms with E-state index in [4.69, 9.17) is 0 Å². The lowest BCUT2D eigenvalue weighted by atomic mass is 10.00. The molecule has 0 saturated heterocycles. The first-order valence-electron chi connectivity index (χ1n) is 6.55. The van der Waals surface area contributed by atoms with Crippen molar-refractivity contribution in [2.45, 2.75) is 39.3 Å². The highest BCUT2D eigenvalue weighted by Crippen LogP contribution is 2.20. The summed E-state index contributed by atoms with van der Waals surface area (Å²) in [6, 6.07) is 4.64. The Bertz CT molecular complexity index is 551. The first-order valence-corrected chi connectivity index (χ1v) is 6.55. The van der Waals surface area contributed by atoms with Crippen LogP contribution in [-0.4, -0.2) is 14.9 Å². The highest BCUT2D eigenvalue weighted by Gasteiger charge is 2.12. The van der Waals surface area contributed by atoms with Crippen molar-refractivity contribution in [1.82, 2.24) is 9.78 Å². The van der Waals surface area contributed by atoms with Crippen LogP contribution in [0.2, 0.25) is 0 Å². The molecule has 1 aromatic heterocycles. The number of nitrogens with zero attached hydrogens (tertiary/aromatic N) is 2. The molecular formula is C15H19FN2O. The van der Waals surface area contributed by atoms with Gasteiger partial charge in [-0.05, 0) is 36.6 Å². The summed E-state index contributed by atoms with van der Waals surface area (Å²) in [5.41, 5.74) is 2.62. The van der Waals surface area contributed by atoms with Crippen LogP contribution in [0.15, 0.2) is 30.6 Å². The van der Waals surface area contributed by atoms with E-state index < -0.39 is 6.10 Å². The molecule has 0 fully saturated rings. The van der Waals surface area contributed by atoms with E-state index in [0.717, 1.165) is 29.7 Å². The van der Waals surface area contributed by atoms with Gasteiger partial charge in [0.1, 0.15) is 5.82 Å². The lowest BCUT2D eigenvalue weighted by Crippen LogP contribution is -2.03. The number of halogens is 1. The zero-order valence-corrected chi connectivity index (χ0v) is 11.3. The van der Waals surface area contributed by atoms with Crippen molar-refractivity contribution in [2.75, 3.05) is 0 Å². The minimum absolute atomic E-state index is 0.244. The van der Waals surface area contributed by atoms with Gasteiger partial charge in [-0.15, -0.1) is 0 Å². The molecule has 0 aliphatic rings. The maximum absolute atomic E-state index is 13.0. The fourth-order valence-electron chi connectivity index (χ4n) is 2.12. The van der Waals surface area contributed by atoms with Gasteiger partial charge in [0.25, 0.3) is 0 Å². The fraction of sp³-hybridized carbons (Fsp3) is 0.400. The number of aryl methyl sites for hydroxylation is 2. The molecule has 1 heterocycles. The van der Waals surface area contributed by atoms with Gasteiger partial charge >= 0.3 is 0 Å². The normalized spacial score (nSPS) is 12.6. The maximum Gasteiger partial charge on any atom is 0.123 e. The molecule has 1 N–H and O–H groups in total. The van der Waals surface area contributed by atoms with Gasteiger partial charge in [0.15, 0.2) is 0 Å². The average Bonchev–Trinajstić information content (AvgIpc) is 2.82. The molecule has 2 aromatic rings. The van der Waals surface area contributed by atoms with Crippen molar-refractivity contribution < 1.29 is 9.50 Å². The SMILES string of the molecule is CCCn1cc(C(O)Cc2ccc(F)cc2C)cn1. The second kappa shape index (κ2) is 5.97. The van der Waals surface area contributed by atoms with Crippen LogP contribution in [0.1, 0.15) is 36.1 Å². The van der Waals surface area contributed by atoms with Crippen LogP contribution in [0.25, 0.3) is 0 Å². The van der Waals surface area contributed by atoms with Crippen molar-refractivity contribution in [1.29, 1.82) is 0 Å². The molecule has 0 saturated carbocycles. The zero-order valence-electron chi connectivity index (χ0n) is 11.3. The van der Waals surface area contributed by atoms with Gasteiger partial charge in [0.05, 0.1) is 12.3 Å². The molecule has 0 spiro atoms. The van der Waals surface area contributed by atoms with Crippen LogP contribution in [0.4, 0.5) is 4.39 Å². The molecule has 0 radical (unpaired) electrons. The van der Waals surface area contributed by atoms with Crippen LogP contribution in [0, 0.1) is 12.7 Å². The molecule has 4 heteroatoms. The molecule has 19 heavy (non-hydrogen) atoms. The topological polar surface area (TPSA) is 38.0 Å². The quantitative estimate of drug-likeness (QED) is 0.899. The van der Waals surface area contributed by atoms with E-state index in [9.17, 15) is 9.50 Å². The molecule has 3 nitrogen and oxygen atoms in total. The van der Waals surface area contributed by atoms with Gasteiger partial charge in [0, 0.05) is 24.7 Å². The third-order valence-corrected chi connectivity index (χ3v) is 3.21. The van der Waals surface area contributed by atoms with Crippen LogP contribution < -0.4 is 0 Å². The summed E-state index contributed by atoms with van der Waals surface area (Å²) in [6.45, 7) is 4.79. The Hall–Kier alpha value is -1.68. The fourth-order valence-corrected chi connectivity index (χ4v) is 2.12. The number of aliphatic hydroxyl groups is 1. The smallest absolute Gasteiger partial charge is 0.123 e. The molecule has 0 amide bonds. The van der Waals surface area contributed by atoms with Gasteiger partial charge in [-0.25, -0.2) is 4.39 Å². The largest absolute Gasteiger partial charge is 0.388 e. The summed E-state index contributed by atoms with van der Waals surface area (Å²) >= 11 is 0. The van der Waals surface area contributed by atoms with E-state index in [1.54, 1.807) is 12.3 Å². The third kappa shape index (κ3) is 3.41. The summed E-state index contributed by atoms with van der Waals surface area (Å²) in [5, 5.41) is 14.4. The highest BCUT2D eigenvalue weighted by molar-refractivity contribution is 5.28. The standard InChI is InChI=1S/C15H19FN2O/c1-3-6-18-10-13(9-17-18)15(19)8-12-4-5-14(16)7-11(12)2/h4-5,7,9-10,15,19H,3,6,8H2,1-2H3. The van der Waals surface area contributed by atoms with Gasteiger partial charge in [-0.3, -0.25) is 4.68 Å². The van der Waals surface area contributed by atoms with Crippen LogP contribution in [0.3, 0.4) is 0 Å². The van der Waals surface area contributed by atoms with E-state index in [-0.39, 0.29) is 5.82 Å². The molecule has 0 aliphatic carbocycles. The molecular weight excluding hydrogens is 243 g/mol. The monoisotopic (exact) mass is 262 g/mol. The Kier molecular flexibility index (Phi) is 4.32. The minimum atomic E-state index is -0.602. The molecule has 1 aromatic carbocycles. The van der Waals surface area contributed by atoms with Crippen LogP contribution in [-0.2, 0) is 13.0 Å². The lowest BCUT2D eigenvalue weighted by molar-refractivity contribution is 0.178. The average molecular weight is 262 g/mol. The second-order valence-corrected chi connectivity index (χ2v) is 4.83. The lowest BCUT2D eigenvalue weighted by Gasteiger charge is -2.11. The van der Waals surface area contributed by atoms with Gasteiger partial charge < -0.3 is 5.11 Å². The van der Waals surface area contributed by atoms with Crippen LogP contribution >= 0.6 is 0 Å².